The molecule has 2 unspecified atom stereocenters. The minimum Gasteiger partial charge on any atom is -0.384 e. The maximum Gasteiger partial charge on any atom is 0.222 e. The third-order valence-electron chi connectivity index (χ3n) is 6.51. The molecule has 2 bridgehead atoms. The van der Waals surface area contributed by atoms with Crippen LogP contribution in [0.15, 0.2) is 30.9 Å². The third-order valence-corrected chi connectivity index (χ3v) is 6.51. The number of benzene rings is 1. The van der Waals surface area contributed by atoms with Crippen LogP contribution in [0.4, 0.5) is 5.69 Å². The summed E-state index contributed by atoms with van der Waals surface area (Å²) in [6, 6.07) is 7.45. The highest BCUT2D eigenvalue weighted by Crippen LogP contribution is 2.29. The lowest BCUT2D eigenvalue weighted by atomic mass is 10.0. The second-order valence-electron chi connectivity index (χ2n) is 8.41. The van der Waals surface area contributed by atoms with E-state index in [2.05, 4.69) is 57.4 Å². The van der Waals surface area contributed by atoms with Crippen LogP contribution in [0.1, 0.15) is 43.2 Å². The van der Waals surface area contributed by atoms with Crippen LogP contribution in [0.3, 0.4) is 0 Å². The minimum absolute atomic E-state index is 0.230. The number of hydrogen-bond donors (Lipinski definition) is 1. The van der Waals surface area contributed by atoms with E-state index in [9.17, 15) is 4.79 Å². The Kier molecular flexibility index (Phi) is 6.13. The number of nitrogens with one attached hydrogen (secondary N) is 1. The predicted octanol–water partition coefficient (Wildman–Crippen LogP) is 2.67. The molecule has 2 aliphatic heterocycles. The van der Waals surface area contributed by atoms with Crippen molar-refractivity contribution in [1.29, 1.82) is 0 Å². The van der Waals surface area contributed by atoms with Crippen LogP contribution in [0.25, 0.3) is 0 Å². The van der Waals surface area contributed by atoms with Crippen molar-refractivity contribution in [1.82, 2.24) is 24.6 Å². The molecule has 1 saturated heterocycles. The Morgan fingerprint density at radius 1 is 1.24 bits per heavy atom. The highest BCUT2D eigenvalue weighted by Gasteiger charge is 2.33. The fraction of sp³-hybridized carbons (Fsp3) is 0.591. The second-order valence-corrected chi connectivity index (χ2v) is 8.41. The average molecular weight is 397 g/mol. The molecule has 156 valence electrons. The first-order chi connectivity index (χ1) is 14.1. The number of aryl methyl sites for hydroxylation is 2. The zero-order valence-corrected chi connectivity index (χ0v) is 17.5. The summed E-state index contributed by atoms with van der Waals surface area (Å²) in [5.74, 6) is 0.230. The number of likely N-dealkylation sites (N-methyl/N-ethyl adjacent to an activating group) is 1. The molecule has 4 rings (SSSR count). The van der Waals surface area contributed by atoms with E-state index in [1.54, 1.807) is 11.0 Å². The molecule has 2 aromatic rings. The molecule has 0 spiro atoms. The van der Waals surface area contributed by atoms with Crippen molar-refractivity contribution in [2.75, 3.05) is 25.5 Å². The van der Waals surface area contributed by atoms with Crippen LogP contribution in [-0.2, 0) is 17.9 Å². The topological polar surface area (TPSA) is 66.3 Å². The van der Waals surface area contributed by atoms with Gasteiger partial charge in [-0.1, -0.05) is 18.2 Å². The summed E-state index contributed by atoms with van der Waals surface area (Å²) in [4.78, 5) is 21.7. The number of rotatable bonds is 4. The molecule has 2 atom stereocenters. The van der Waals surface area contributed by atoms with Crippen molar-refractivity contribution < 1.29 is 4.79 Å². The van der Waals surface area contributed by atoms with Gasteiger partial charge in [0.25, 0.3) is 0 Å². The Balaban J connectivity index is 1.51. The third kappa shape index (κ3) is 4.61. The van der Waals surface area contributed by atoms with Crippen LogP contribution in [0.5, 0.6) is 0 Å². The molecule has 0 saturated carbocycles. The van der Waals surface area contributed by atoms with Crippen molar-refractivity contribution >= 4 is 11.6 Å². The number of fused-ring (bicyclic) bond motifs is 3. The average Bonchev–Trinajstić information content (AvgIpc) is 3.33. The molecule has 1 aromatic carbocycles. The minimum atomic E-state index is 0.230. The molecule has 7 nitrogen and oxygen atoms in total. The van der Waals surface area contributed by atoms with Crippen molar-refractivity contribution in [2.45, 2.75) is 64.2 Å². The molecule has 0 aliphatic carbocycles. The maximum atomic E-state index is 13.2. The quantitative estimate of drug-likeness (QED) is 0.861. The SMILES string of the molecule is Cc1cccc2c1NCCC1CCC(CN(C(=O)CCCn3cncn3)C2)N1C. The summed E-state index contributed by atoms with van der Waals surface area (Å²) in [6.45, 7) is 5.32. The molecule has 2 aliphatic rings. The first kappa shape index (κ1) is 19.9. The Bertz CT molecular complexity index is 821. The second kappa shape index (κ2) is 8.95. The van der Waals surface area contributed by atoms with E-state index in [1.807, 2.05) is 0 Å². The van der Waals surface area contributed by atoms with Gasteiger partial charge in [-0.2, -0.15) is 5.10 Å². The van der Waals surface area contributed by atoms with E-state index in [1.165, 1.54) is 36.0 Å². The number of carbonyl (C=O) groups is 1. The van der Waals surface area contributed by atoms with Gasteiger partial charge in [0, 0.05) is 50.4 Å². The highest BCUT2D eigenvalue weighted by atomic mass is 16.2. The number of aromatic nitrogens is 3. The van der Waals surface area contributed by atoms with Crippen LogP contribution >= 0.6 is 0 Å². The van der Waals surface area contributed by atoms with Gasteiger partial charge in [-0.3, -0.25) is 14.4 Å². The van der Waals surface area contributed by atoms with E-state index in [-0.39, 0.29) is 5.91 Å². The van der Waals surface area contributed by atoms with Gasteiger partial charge in [0.1, 0.15) is 12.7 Å². The van der Waals surface area contributed by atoms with E-state index in [0.717, 1.165) is 32.5 Å². The number of amides is 1. The van der Waals surface area contributed by atoms with Gasteiger partial charge >= 0.3 is 0 Å². The van der Waals surface area contributed by atoms with E-state index >= 15 is 0 Å². The number of carbonyl (C=O) groups excluding carboxylic acids is 1. The first-order valence-corrected chi connectivity index (χ1v) is 10.8. The van der Waals surface area contributed by atoms with Crippen LogP contribution in [-0.4, -0.2) is 62.7 Å². The molecular formula is C22H32N6O. The number of para-hydroxylation sites is 1. The first-order valence-electron chi connectivity index (χ1n) is 10.8. The summed E-state index contributed by atoms with van der Waals surface area (Å²) in [5.41, 5.74) is 3.67. The summed E-state index contributed by atoms with van der Waals surface area (Å²) >= 11 is 0. The predicted molar refractivity (Wildman–Crippen MR) is 114 cm³/mol. The van der Waals surface area contributed by atoms with Gasteiger partial charge in [0.05, 0.1) is 0 Å². The van der Waals surface area contributed by atoms with Crippen molar-refractivity contribution in [3.8, 4) is 0 Å². The van der Waals surface area contributed by atoms with Gasteiger partial charge in [0.15, 0.2) is 0 Å². The van der Waals surface area contributed by atoms with Gasteiger partial charge in [-0.15, -0.1) is 0 Å². The standard InChI is InChI=1S/C22H32N6O/c1-17-5-3-6-18-13-27(21(29)7-4-12-28-16-23-15-25-28)14-20-9-8-19(26(20)2)10-11-24-22(17)18/h3,5-6,15-16,19-20,24H,4,7-14H2,1-2H3. The van der Waals surface area contributed by atoms with E-state index in [0.29, 0.717) is 25.0 Å². The van der Waals surface area contributed by atoms with Gasteiger partial charge < -0.3 is 10.2 Å². The smallest absolute Gasteiger partial charge is 0.222 e. The molecule has 1 aromatic heterocycles. The van der Waals surface area contributed by atoms with Crippen molar-refractivity contribution in [3.63, 3.8) is 0 Å². The summed E-state index contributed by atoms with van der Waals surface area (Å²) in [6.07, 6.45) is 8.09. The van der Waals surface area contributed by atoms with Crippen LogP contribution in [0, 0.1) is 6.92 Å². The Morgan fingerprint density at radius 2 is 2.10 bits per heavy atom. The van der Waals surface area contributed by atoms with Crippen molar-refractivity contribution in [3.05, 3.63) is 42.0 Å². The summed E-state index contributed by atoms with van der Waals surface area (Å²) in [7, 11) is 2.23. The van der Waals surface area contributed by atoms with Gasteiger partial charge in [-0.05, 0) is 50.8 Å². The molecule has 1 fully saturated rings. The largest absolute Gasteiger partial charge is 0.384 e. The molecule has 3 heterocycles. The molecule has 7 heteroatoms. The number of nitrogens with zero attached hydrogens (tertiary/aromatic N) is 5. The zero-order chi connectivity index (χ0) is 20.2. The molecule has 1 amide bonds. The molecule has 29 heavy (non-hydrogen) atoms. The van der Waals surface area contributed by atoms with Gasteiger partial charge in [0.2, 0.25) is 5.91 Å². The zero-order valence-electron chi connectivity index (χ0n) is 17.5. The maximum absolute atomic E-state index is 13.2. The summed E-state index contributed by atoms with van der Waals surface area (Å²) < 4.78 is 1.79. The molecule has 1 N–H and O–H groups in total. The Morgan fingerprint density at radius 3 is 2.93 bits per heavy atom. The van der Waals surface area contributed by atoms with Crippen LogP contribution in [0.2, 0.25) is 0 Å². The monoisotopic (exact) mass is 396 g/mol. The lowest BCUT2D eigenvalue weighted by molar-refractivity contribution is -0.132. The number of hydrogen-bond acceptors (Lipinski definition) is 5. The highest BCUT2D eigenvalue weighted by molar-refractivity contribution is 5.76. The fourth-order valence-electron chi connectivity index (χ4n) is 4.75. The Hall–Kier alpha value is -2.41. The number of anilines is 1. The summed E-state index contributed by atoms with van der Waals surface area (Å²) in [5, 5.41) is 7.80. The lowest BCUT2D eigenvalue weighted by Crippen LogP contribution is -2.43. The lowest BCUT2D eigenvalue weighted by Gasteiger charge is -2.31. The molecular weight excluding hydrogens is 364 g/mol. The van der Waals surface area contributed by atoms with E-state index in [4.69, 9.17) is 0 Å². The Labute approximate surface area is 173 Å². The van der Waals surface area contributed by atoms with Crippen molar-refractivity contribution in [2.24, 2.45) is 0 Å². The van der Waals surface area contributed by atoms with E-state index < -0.39 is 0 Å². The van der Waals surface area contributed by atoms with Crippen LogP contribution < -0.4 is 5.32 Å². The van der Waals surface area contributed by atoms with Gasteiger partial charge in [-0.25, -0.2) is 4.98 Å². The fourth-order valence-corrected chi connectivity index (χ4v) is 4.75. The normalized spacial score (nSPS) is 22.6. The molecule has 0 radical (unpaired) electrons.